The van der Waals surface area contributed by atoms with E-state index >= 15 is 0 Å². The van der Waals surface area contributed by atoms with Crippen molar-refractivity contribution in [1.29, 1.82) is 0 Å². The van der Waals surface area contributed by atoms with Gasteiger partial charge in [0.1, 0.15) is 16.1 Å². The van der Waals surface area contributed by atoms with E-state index in [9.17, 15) is 9.90 Å². The Morgan fingerprint density at radius 3 is 2.64 bits per heavy atom. The number of rotatable bonds is 7. The number of phenolic OH excluding ortho intramolecular Hbond substituents is 1. The average molecular weight is 509 g/mol. The van der Waals surface area contributed by atoms with Gasteiger partial charge in [0, 0.05) is 43.4 Å². The first-order valence-electron chi connectivity index (χ1n) is 11.7. The summed E-state index contributed by atoms with van der Waals surface area (Å²) in [5.41, 5.74) is 3.04. The Hall–Kier alpha value is -3.34. The number of nitrogens with zero attached hydrogens (tertiary/aromatic N) is 3. The van der Waals surface area contributed by atoms with Crippen LogP contribution in [0.15, 0.2) is 58.2 Å². The van der Waals surface area contributed by atoms with Crippen molar-refractivity contribution in [2.24, 2.45) is 9.98 Å². The van der Waals surface area contributed by atoms with E-state index in [1.807, 2.05) is 30.5 Å². The molecule has 0 saturated carbocycles. The van der Waals surface area contributed by atoms with Crippen molar-refractivity contribution < 1.29 is 24.1 Å². The number of benzene rings is 2. The number of morpholine rings is 1. The lowest BCUT2D eigenvalue weighted by Crippen LogP contribution is -2.38. The third kappa shape index (κ3) is 5.11. The lowest BCUT2D eigenvalue weighted by molar-refractivity contribution is 0.0419. The third-order valence-corrected chi connectivity index (χ3v) is 7.37. The Kier molecular flexibility index (Phi) is 7.26. The van der Waals surface area contributed by atoms with Crippen molar-refractivity contribution in [3.8, 4) is 17.2 Å². The number of anilines is 1. The number of carbonyl (C=O) groups is 1. The number of carbonyl (C=O) groups excluding carboxylic acids is 1. The van der Waals surface area contributed by atoms with Crippen molar-refractivity contribution in [2.45, 2.75) is 12.5 Å². The topological polar surface area (TPSA) is 105 Å². The van der Waals surface area contributed by atoms with E-state index in [0.717, 1.165) is 54.9 Å². The number of para-hydroxylation sites is 1. The van der Waals surface area contributed by atoms with Crippen LogP contribution >= 0.6 is 11.8 Å². The van der Waals surface area contributed by atoms with Gasteiger partial charge in [0.2, 0.25) is 5.75 Å². The summed E-state index contributed by atoms with van der Waals surface area (Å²) in [7, 11) is 2.84. The minimum atomic E-state index is -0.355. The lowest BCUT2D eigenvalue weighted by Gasteiger charge is -2.28. The van der Waals surface area contributed by atoms with Gasteiger partial charge in [-0.1, -0.05) is 30.0 Å². The molecule has 10 heteroatoms. The maximum Gasteiger partial charge on any atom is 0.255 e. The summed E-state index contributed by atoms with van der Waals surface area (Å²) in [5, 5.41) is 14.9. The molecule has 0 aliphatic carbocycles. The Morgan fingerprint density at radius 2 is 1.92 bits per heavy atom. The van der Waals surface area contributed by atoms with Crippen LogP contribution in [0.25, 0.3) is 0 Å². The average Bonchev–Trinajstić information content (AvgIpc) is 3.33. The van der Waals surface area contributed by atoms with Crippen molar-refractivity contribution in [2.75, 3.05) is 52.4 Å². The van der Waals surface area contributed by atoms with Crippen molar-refractivity contribution in [3.63, 3.8) is 0 Å². The summed E-state index contributed by atoms with van der Waals surface area (Å²) in [4.78, 5) is 25.2. The normalized spacial score (nSPS) is 19.6. The first kappa shape index (κ1) is 24.4. The number of methoxy groups -OCH3 is 2. The van der Waals surface area contributed by atoms with E-state index in [1.54, 1.807) is 11.8 Å². The number of hydrogen-bond donors (Lipinski definition) is 2. The van der Waals surface area contributed by atoms with E-state index in [1.165, 1.54) is 31.9 Å². The minimum Gasteiger partial charge on any atom is -0.502 e. The fraction of sp³-hybridized carbons (Fsp3) is 0.346. The Morgan fingerprint density at radius 1 is 1.19 bits per heavy atom. The fourth-order valence-corrected chi connectivity index (χ4v) is 5.41. The molecule has 0 radical (unpaired) electrons. The molecular weight excluding hydrogens is 480 g/mol. The van der Waals surface area contributed by atoms with E-state index in [0.29, 0.717) is 11.3 Å². The SMILES string of the molecule is COc1cc(C(=O)Nc2ccccc2C2=NC3CC(CN4CCOCC4)=CN=C3S2)cc(OC)c1O. The summed E-state index contributed by atoms with van der Waals surface area (Å²) in [5.74, 6) is -0.192. The van der Waals surface area contributed by atoms with Crippen LogP contribution in [0.3, 0.4) is 0 Å². The number of nitrogens with one attached hydrogen (secondary N) is 1. The van der Waals surface area contributed by atoms with E-state index in [4.69, 9.17) is 24.2 Å². The quantitative estimate of drug-likeness (QED) is 0.589. The van der Waals surface area contributed by atoms with Gasteiger partial charge in [-0.2, -0.15) is 0 Å². The number of aliphatic imine (C=N–C) groups is 2. The number of phenols is 1. The predicted molar refractivity (Wildman–Crippen MR) is 141 cm³/mol. The molecule has 3 aliphatic rings. The molecule has 3 heterocycles. The van der Waals surface area contributed by atoms with Crippen molar-refractivity contribution in [1.82, 2.24) is 4.90 Å². The molecule has 3 aliphatic heterocycles. The molecule has 1 saturated heterocycles. The number of hydrogen-bond acceptors (Lipinski definition) is 9. The molecule has 188 valence electrons. The standard InChI is InChI=1S/C26H28N4O5S/c1-33-21-12-17(13-22(34-2)23(21)31)24(32)28-19-6-4-3-5-18(19)25-29-20-11-16(14-27-26(20)36-25)15-30-7-9-35-10-8-30/h3-6,12-14,20,31H,7-11,15H2,1-2H3,(H,28,32). The summed E-state index contributed by atoms with van der Waals surface area (Å²) >= 11 is 1.54. The van der Waals surface area contributed by atoms with E-state index < -0.39 is 0 Å². The second-order valence-electron chi connectivity index (χ2n) is 8.63. The zero-order valence-electron chi connectivity index (χ0n) is 20.2. The molecule has 0 spiro atoms. The Bertz CT molecular complexity index is 1230. The van der Waals surface area contributed by atoms with Gasteiger partial charge in [0.15, 0.2) is 11.5 Å². The van der Waals surface area contributed by atoms with Gasteiger partial charge < -0.3 is 24.6 Å². The zero-order valence-corrected chi connectivity index (χ0v) is 21.0. The zero-order chi connectivity index (χ0) is 25.1. The van der Waals surface area contributed by atoms with E-state index in [-0.39, 0.29) is 29.2 Å². The fourth-order valence-electron chi connectivity index (χ4n) is 4.37. The Balaban J connectivity index is 1.32. The molecule has 1 fully saturated rings. The number of amides is 1. The highest BCUT2D eigenvalue weighted by atomic mass is 32.2. The molecule has 1 atom stereocenters. The van der Waals surface area contributed by atoms with Crippen LogP contribution in [-0.4, -0.2) is 79.1 Å². The van der Waals surface area contributed by atoms with Crippen LogP contribution in [0.4, 0.5) is 5.69 Å². The van der Waals surface area contributed by atoms with Crippen LogP contribution in [0.1, 0.15) is 22.3 Å². The molecule has 36 heavy (non-hydrogen) atoms. The van der Waals surface area contributed by atoms with Crippen LogP contribution in [0.2, 0.25) is 0 Å². The molecule has 1 amide bonds. The highest BCUT2D eigenvalue weighted by Gasteiger charge is 2.31. The number of fused-ring (bicyclic) bond motifs is 1. The second kappa shape index (κ2) is 10.7. The predicted octanol–water partition coefficient (Wildman–Crippen LogP) is 3.54. The van der Waals surface area contributed by atoms with Crippen LogP contribution in [0.5, 0.6) is 17.2 Å². The molecule has 0 aromatic heterocycles. The number of ether oxygens (including phenoxy) is 3. The second-order valence-corrected chi connectivity index (χ2v) is 9.64. The summed E-state index contributed by atoms with van der Waals surface area (Å²) in [6.45, 7) is 4.31. The van der Waals surface area contributed by atoms with Crippen LogP contribution < -0.4 is 14.8 Å². The van der Waals surface area contributed by atoms with E-state index in [2.05, 4.69) is 10.2 Å². The van der Waals surface area contributed by atoms with Gasteiger partial charge >= 0.3 is 0 Å². The molecule has 2 aromatic rings. The summed E-state index contributed by atoms with van der Waals surface area (Å²) in [6.07, 6.45) is 2.82. The molecule has 1 unspecified atom stereocenters. The monoisotopic (exact) mass is 508 g/mol. The largest absolute Gasteiger partial charge is 0.502 e. The lowest BCUT2D eigenvalue weighted by atomic mass is 10.1. The van der Waals surface area contributed by atoms with Gasteiger partial charge in [-0.15, -0.1) is 0 Å². The van der Waals surface area contributed by atoms with Crippen molar-refractivity contribution >= 4 is 33.4 Å². The maximum absolute atomic E-state index is 13.1. The highest BCUT2D eigenvalue weighted by Crippen LogP contribution is 2.38. The number of thioether (sulfide) groups is 1. The molecule has 9 nitrogen and oxygen atoms in total. The minimum absolute atomic E-state index is 0.000388. The first-order valence-corrected chi connectivity index (χ1v) is 12.5. The third-order valence-electron chi connectivity index (χ3n) is 6.27. The van der Waals surface area contributed by atoms with Gasteiger partial charge in [0.05, 0.1) is 33.1 Å². The number of aromatic hydroxyl groups is 1. The van der Waals surface area contributed by atoms with Gasteiger partial charge in [-0.3, -0.25) is 19.7 Å². The highest BCUT2D eigenvalue weighted by molar-refractivity contribution is 8.27. The summed E-state index contributed by atoms with van der Waals surface area (Å²) < 4.78 is 15.8. The molecule has 2 aromatic carbocycles. The van der Waals surface area contributed by atoms with Gasteiger partial charge in [0.25, 0.3) is 5.91 Å². The molecule has 0 bridgehead atoms. The maximum atomic E-state index is 13.1. The molecule has 2 N–H and O–H groups in total. The van der Waals surface area contributed by atoms with Crippen LogP contribution in [-0.2, 0) is 4.74 Å². The van der Waals surface area contributed by atoms with Gasteiger partial charge in [-0.05, 0) is 23.8 Å². The smallest absolute Gasteiger partial charge is 0.255 e. The first-order chi connectivity index (χ1) is 17.6. The Labute approximate surface area is 213 Å². The molecular formula is C26H28N4O5S. The molecule has 5 rings (SSSR count). The summed E-state index contributed by atoms with van der Waals surface area (Å²) in [6, 6.07) is 10.5. The van der Waals surface area contributed by atoms with Gasteiger partial charge in [-0.25, -0.2) is 0 Å². The van der Waals surface area contributed by atoms with Crippen LogP contribution in [0, 0.1) is 0 Å². The van der Waals surface area contributed by atoms with Crippen molar-refractivity contribution in [3.05, 3.63) is 59.3 Å².